The lowest BCUT2D eigenvalue weighted by Gasteiger charge is -2.18. The van der Waals surface area contributed by atoms with Gasteiger partial charge in [0.15, 0.2) is 0 Å². The van der Waals surface area contributed by atoms with Gasteiger partial charge < -0.3 is 5.73 Å². The topological polar surface area (TPSA) is 60.9 Å². The molecule has 0 aliphatic heterocycles. The maximum atomic E-state index is 11.3. The van der Waals surface area contributed by atoms with Gasteiger partial charge in [-0.25, -0.2) is 9.78 Å². The van der Waals surface area contributed by atoms with Gasteiger partial charge in [-0.15, -0.1) is 0 Å². The smallest absolute Gasteiger partial charge is 0.326 e. The molecule has 2 atom stereocenters. The van der Waals surface area contributed by atoms with Crippen LogP contribution in [0.15, 0.2) is 23.3 Å². The molecule has 14 heavy (non-hydrogen) atoms. The third-order valence-corrected chi connectivity index (χ3v) is 2.57. The predicted molar refractivity (Wildman–Crippen MR) is 55.9 cm³/mol. The number of hydrogen-bond acceptors (Lipinski definition) is 3. The van der Waals surface area contributed by atoms with Crippen LogP contribution in [0.3, 0.4) is 0 Å². The standard InChI is InChI=1S/C10H17N3O/c1-3-8(2)9(11)7-13-6-4-5-12-10(13)14/h4-6,8-9H,3,7,11H2,1-2H3. The van der Waals surface area contributed by atoms with Gasteiger partial charge >= 0.3 is 5.69 Å². The molecule has 0 saturated carbocycles. The van der Waals surface area contributed by atoms with Crippen LogP contribution in [-0.4, -0.2) is 15.6 Å². The average molecular weight is 195 g/mol. The summed E-state index contributed by atoms with van der Waals surface area (Å²) in [6, 6.07) is 1.76. The summed E-state index contributed by atoms with van der Waals surface area (Å²) in [5.41, 5.74) is 5.71. The zero-order chi connectivity index (χ0) is 10.6. The molecule has 0 bridgehead atoms. The van der Waals surface area contributed by atoms with Crippen molar-refractivity contribution in [3.63, 3.8) is 0 Å². The average Bonchev–Trinajstić information content (AvgIpc) is 2.20. The monoisotopic (exact) mass is 195 g/mol. The van der Waals surface area contributed by atoms with E-state index in [0.717, 1.165) is 6.42 Å². The Kier molecular flexibility index (Phi) is 3.83. The van der Waals surface area contributed by atoms with E-state index in [9.17, 15) is 4.79 Å². The van der Waals surface area contributed by atoms with Crippen molar-refractivity contribution in [2.24, 2.45) is 11.7 Å². The Morgan fingerprint density at radius 2 is 2.36 bits per heavy atom. The van der Waals surface area contributed by atoms with Crippen LogP contribution in [-0.2, 0) is 6.54 Å². The van der Waals surface area contributed by atoms with Gasteiger partial charge in [0.2, 0.25) is 0 Å². The minimum atomic E-state index is -0.230. The molecule has 1 rings (SSSR count). The minimum absolute atomic E-state index is 0.0156. The van der Waals surface area contributed by atoms with E-state index in [4.69, 9.17) is 5.73 Å². The SMILES string of the molecule is CCC(C)C(N)Cn1cccnc1=O. The predicted octanol–water partition coefficient (Wildman–Crippen LogP) is 0.617. The Morgan fingerprint density at radius 3 is 2.93 bits per heavy atom. The molecule has 4 heteroatoms. The molecule has 4 nitrogen and oxygen atoms in total. The van der Waals surface area contributed by atoms with Gasteiger partial charge in [-0.05, 0) is 12.0 Å². The van der Waals surface area contributed by atoms with E-state index >= 15 is 0 Å². The van der Waals surface area contributed by atoms with Gasteiger partial charge in [-0.1, -0.05) is 20.3 Å². The fourth-order valence-corrected chi connectivity index (χ4v) is 1.24. The molecule has 1 aromatic rings. The molecule has 0 radical (unpaired) electrons. The molecule has 78 valence electrons. The third-order valence-electron chi connectivity index (χ3n) is 2.57. The zero-order valence-corrected chi connectivity index (χ0v) is 8.68. The third kappa shape index (κ3) is 2.67. The molecule has 0 aliphatic carbocycles. The van der Waals surface area contributed by atoms with Crippen LogP contribution in [0.4, 0.5) is 0 Å². The van der Waals surface area contributed by atoms with E-state index in [-0.39, 0.29) is 11.7 Å². The summed E-state index contributed by atoms with van der Waals surface area (Å²) in [4.78, 5) is 14.9. The Labute approximate surface area is 83.8 Å². The molecule has 0 saturated heterocycles. The second kappa shape index (κ2) is 4.91. The second-order valence-electron chi connectivity index (χ2n) is 3.60. The highest BCUT2D eigenvalue weighted by Gasteiger charge is 2.11. The molecule has 0 spiro atoms. The summed E-state index contributed by atoms with van der Waals surface area (Å²) < 4.78 is 1.55. The maximum absolute atomic E-state index is 11.3. The lowest BCUT2D eigenvalue weighted by Crippen LogP contribution is -2.36. The van der Waals surface area contributed by atoms with Crippen molar-refractivity contribution in [2.45, 2.75) is 32.9 Å². The lowest BCUT2D eigenvalue weighted by atomic mass is 10.0. The number of hydrogen-bond donors (Lipinski definition) is 1. The Morgan fingerprint density at radius 1 is 1.64 bits per heavy atom. The van der Waals surface area contributed by atoms with Gasteiger partial charge in [0.25, 0.3) is 0 Å². The first-order valence-electron chi connectivity index (χ1n) is 4.92. The molecule has 1 aromatic heterocycles. The quantitative estimate of drug-likeness (QED) is 0.766. The van der Waals surface area contributed by atoms with Gasteiger partial charge in [-0.3, -0.25) is 4.57 Å². The van der Waals surface area contributed by atoms with Crippen LogP contribution in [0.2, 0.25) is 0 Å². The lowest BCUT2D eigenvalue weighted by molar-refractivity contribution is 0.390. The molecule has 0 fully saturated rings. The maximum Gasteiger partial charge on any atom is 0.347 e. The van der Waals surface area contributed by atoms with Crippen LogP contribution in [0.25, 0.3) is 0 Å². The first kappa shape index (κ1) is 10.9. The Bertz CT molecular complexity index is 334. The zero-order valence-electron chi connectivity index (χ0n) is 8.68. The number of nitrogens with zero attached hydrogens (tertiary/aromatic N) is 2. The van der Waals surface area contributed by atoms with Crippen LogP contribution < -0.4 is 11.4 Å². The Hall–Kier alpha value is -1.16. The molecule has 2 unspecified atom stereocenters. The van der Waals surface area contributed by atoms with Crippen molar-refractivity contribution in [2.75, 3.05) is 0 Å². The summed E-state index contributed by atoms with van der Waals surface area (Å²) in [7, 11) is 0. The van der Waals surface area contributed by atoms with Crippen molar-refractivity contribution >= 4 is 0 Å². The minimum Gasteiger partial charge on any atom is -0.326 e. The largest absolute Gasteiger partial charge is 0.347 e. The van der Waals surface area contributed by atoms with Crippen molar-refractivity contribution in [1.82, 2.24) is 9.55 Å². The van der Waals surface area contributed by atoms with E-state index in [0.29, 0.717) is 12.5 Å². The fourth-order valence-electron chi connectivity index (χ4n) is 1.24. The van der Waals surface area contributed by atoms with E-state index in [2.05, 4.69) is 18.8 Å². The van der Waals surface area contributed by atoms with Crippen molar-refractivity contribution in [3.05, 3.63) is 28.9 Å². The van der Waals surface area contributed by atoms with Crippen LogP contribution >= 0.6 is 0 Å². The molecule has 2 N–H and O–H groups in total. The van der Waals surface area contributed by atoms with Crippen LogP contribution in [0.5, 0.6) is 0 Å². The number of aromatic nitrogens is 2. The molecule has 1 heterocycles. The Balaban J connectivity index is 2.69. The molecule has 0 aromatic carbocycles. The first-order valence-corrected chi connectivity index (χ1v) is 4.92. The molecular weight excluding hydrogens is 178 g/mol. The summed E-state index contributed by atoms with van der Waals surface area (Å²) >= 11 is 0. The highest BCUT2D eigenvalue weighted by molar-refractivity contribution is 4.82. The fraction of sp³-hybridized carbons (Fsp3) is 0.600. The van der Waals surface area contributed by atoms with E-state index in [1.54, 1.807) is 16.8 Å². The van der Waals surface area contributed by atoms with Crippen molar-refractivity contribution in [1.29, 1.82) is 0 Å². The van der Waals surface area contributed by atoms with Crippen molar-refractivity contribution in [3.8, 4) is 0 Å². The van der Waals surface area contributed by atoms with Crippen LogP contribution in [0.1, 0.15) is 20.3 Å². The highest BCUT2D eigenvalue weighted by Crippen LogP contribution is 2.06. The van der Waals surface area contributed by atoms with E-state index in [1.807, 2.05) is 0 Å². The molecule has 0 aliphatic rings. The number of nitrogens with two attached hydrogens (primary N) is 1. The molecule has 0 amide bonds. The normalized spacial score (nSPS) is 15.1. The number of rotatable bonds is 4. The summed E-state index contributed by atoms with van der Waals surface area (Å²) in [5.74, 6) is 0.419. The first-order chi connectivity index (χ1) is 6.65. The highest BCUT2D eigenvalue weighted by atomic mass is 16.1. The van der Waals surface area contributed by atoms with Gasteiger partial charge in [-0.2, -0.15) is 0 Å². The molecular formula is C10H17N3O. The summed E-state index contributed by atoms with van der Waals surface area (Å²) in [6.07, 6.45) is 4.24. The van der Waals surface area contributed by atoms with Gasteiger partial charge in [0.05, 0.1) is 0 Å². The van der Waals surface area contributed by atoms with Crippen molar-refractivity contribution < 1.29 is 0 Å². The summed E-state index contributed by atoms with van der Waals surface area (Å²) in [6.45, 7) is 4.73. The van der Waals surface area contributed by atoms with Gasteiger partial charge in [0, 0.05) is 25.0 Å². The van der Waals surface area contributed by atoms with E-state index < -0.39 is 0 Å². The summed E-state index contributed by atoms with van der Waals surface area (Å²) in [5, 5.41) is 0. The van der Waals surface area contributed by atoms with E-state index in [1.165, 1.54) is 6.20 Å². The second-order valence-corrected chi connectivity index (χ2v) is 3.60. The van der Waals surface area contributed by atoms with Gasteiger partial charge in [0.1, 0.15) is 0 Å². The van der Waals surface area contributed by atoms with Crippen LogP contribution in [0, 0.1) is 5.92 Å².